The summed E-state index contributed by atoms with van der Waals surface area (Å²) in [6.45, 7) is 13.5. The van der Waals surface area contributed by atoms with Crippen molar-refractivity contribution in [2.24, 2.45) is 15.4 Å². The van der Waals surface area contributed by atoms with Gasteiger partial charge in [0, 0.05) is 45.4 Å². The van der Waals surface area contributed by atoms with Gasteiger partial charge in [-0.1, -0.05) is 32.4 Å². The molecule has 4 heteroatoms. The Bertz CT molecular complexity index is 1080. The van der Waals surface area contributed by atoms with Crippen LogP contribution < -0.4 is 10.6 Å². The number of nitrogens with one attached hydrogen (secondary N) is 2. The molecule has 0 aromatic rings. The van der Waals surface area contributed by atoms with Crippen molar-refractivity contribution < 1.29 is 0 Å². The lowest BCUT2D eigenvalue weighted by atomic mass is 9.81. The van der Waals surface area contributed by atoms with E-state index in [1.165, 1.54) is 39.9 Å². The molecule has 0 unspecified atom stereocenters. The van der Waals surface area contributed by atoms with Gasteiger partial charge < -0.3 is 10.6 Å². The van der Waals surface area contributed by atoms with Crippen LogP contribution in [0.3, 0.4) is 0 Å². The molecule has 0 atom stereocenters. The lowest BCUT2D eigenvalue weighted by molar-refractivity contribution is 0.462. The van der Waals surface area contributed by atoms with E-state index >= 15 is 0 Å². The van der Waals surface area contributed by atoms with Gasteiger partial charge in [-0.25, -0.2) is 0 Å². The molecule has 36 heavy (non-hydrogen) atoms. The van der Waals surface area contributed by atoms with Crippen LogP contribution >= 0.6 is 0 Å². The highest BCUT2D eigenvalue weighted by atomic mass is 15.0. The molecular formula is C32H46N4. The van der Waals surface area contributed by atoms with Crippen molar-refractivity contribution in [2.45, 2.75) is 111 Å². The summed E-state index contributed by atoms with van der Waals surface area (Å²) in [5.41, 5.74) is 11.0. The zero-order valence-electron chi connectivity index (χ0n) is 23.4. The maximum atomic E-state index is 5.03. The smallest absolute Gasteiger partial charge is 0.0407 e. The van der Waals surface area contributed by atoms with Crippen LogP contribution in [0.2, 0.25) is 0 Å². The molecule has 0 spiro atoms. The SMILES string of the molecule is CC(C)(C)NC1=CC=C(N=C2CCC(=NC3=CC=C(NC4=CC=C(C(C)(C)C)CC4)CC3)CC2)CC1. The van der Waals surface area contributed by atoms with E-state index < -0.39 is 0 Å². The molecule has 4 aliphatic carbocycles. The monoisotopic (exact) mass is 486 g/mol. The zero-order chi connectivity index (χ0) is 25.8. The molecule has 0 bridgehead atoms. The Labute approximate surface area is 219 Å². The molecule has 0 aromatic carbocycles. The van der Waals surface area contributed by atoms with Gasteiger partial charge in [0.2, 0.25) is 0 Å². The maximum absolute atomic E-state index is 5.03. The van der Waals surface area contributed by atoms with Gasteiger partial charge >= 0.3 is 0 Å². The van der Waals surface area contributed by atoms with E-state index in [2.05, 4.69) is 88.6 Å². The first-order valence-corrected chi connectivity index (χ1v) is 13.9. The number of allylic oxidation sites excluding steroid dienone is 12. The minimum atomic E-state index is 0.116. The van der Waals surface area contributed by atoms with Gasteiger partial charge in [-0.15, -0.1) is 0 Å². The summed E-state index contributed by atoms with van der Waals surface area (Å²) in [5.74, 6) is 0. The highest BCUT2D eigenvalue weighted by Gasteiger charge is 2.20. The van der Waals surface area contributed by atoms with Gasteiger partial charge in [0.1, 0.15) is 0 Å². The summed E-state index contributed by atoms with van der Waals surface area (Å²) < 4.78 is 0. The molecule has 1 saturated carbocycles. The van der Waals surface area contributed by atoms with Crippen LogP contribution in [-0.2, 0) is 0 Å². The van der Waals surface area contributed by atoms with Crippen LogP contribution in [0.15, 0.2) is 80.5 Å². The first kappa shape index (κ1) is 26.4. The van der Waals surface area contributed by atoms with Crippen LogP contribution in [0.5, 0.6) is 0 Å². The van der Waals surface area contributed by atoms with Gasteiger partial charge in [0.05, 0.1) is 0 Å². The Morgan fingerprint density at radius 1 is 0.528 bits per heavy atom. The molecule has 4 aliphatic rings. The molecule has 1 fully saturated rings. The van der Waals surface area contributed by atoms with E-state index in [9.17, 15) is 0 Å². The minimum absolute atomic E-state index is 0.116. The van der Waals surface area contributed by atoms with Crippen molar-refractivity contribution in [2.75, 3.05) is 0 Å². The molecule has 2 N–H and O–H groups in total. The van der Waals surface area contributed by atoms with Gasteiger partial charge in [0.15, 0.2) is 0 Å². The van der Waals surface area contributed by atoms with Crippen LogP contribution in [0.1, 0.15) is 106 Å². The van der Waals surface area contributed by atoms with Crippen molar-refractivity contribution >= 4 is 11.4 Å². The number of hydrogen-bond acceptors (Lipinski definition) is 4. The predicted octanol–water partition coefficient (Wildman–Crippen LogP) is 8.19. The zero-order valence-corrected chi connectivity index (χ0v) is 23.4. The summed E-state index contributed by atoms with van der Waals surface area (Å²) in [7, 11) is 0. The average molecular weight is 487 g/mol. The Morgan fingerprint density at radius 2 is 1.00 bits per heavy atom. The first-order chi connectivity index (χ1) is 17.0. The van der Waals surface area contributed by atoms with Crippen molar-refractivity contribution in [3.63, 3.8) is 0 Å². The van der Waals surface area contributed by atoms with Crippen molar-refractivity contribution in [3.8, 4) is 0 Å². The quantitative estimate of drug-likeness (QED) is 0.411. The number of aliphatic imine (C=N–C) groups is 2. The molecule has 0 amide bonds. The lowest BCUT2D eigenvalue weighted by Crippen LogP contribution is -2.35. The minimum Gasteiger partial charge on any atom is -0.384 e. The standard InChI is InChI=1S/C32H46N4/c1-31(2,3)23-7-9-24(10-8-23)33-25-11-13-26(14-12-25)34-27-15-17-28(18-16-27)35-29-19-21-30(22-20-29)36-32(4,5)6/h7,9,11,13,19,21,33,36H,8,10,12,14-18,20,22H2,1-6H3. The maximum Gasteiger partial charge on any atom is 0.0407 e. The van der Waals surface area contributed by atoms with Gasteiger partial charge in [-0.05, 0) is 121 Å². The van der Waals surface area contributed by atoms with E-state index in [0.29, 0.717) is 0 Å². The average Bonchev–Trinajstić information content (AvgIpc) is 2.82. The van der Waals surface area contributed by atoms with Crippen molar-refractivity contribution in [1.29, 1.82) is 0 Å². The van der Waals surface area contributed by atoms with Crippen molar-refractivity contribution in [3.05, 3.63) is 70.5 Å². The molecule has 0 aromatic heterocycles. The molecule has 0 aliphatic heterocycles. The van der Waals surface area contributed by atoms with Crippen LogP contribution in [0.25, 0.3) is 0 Å². The van der Waals surface area contributed by atoms with Crippen LogP contribution in [0, 0.1) is 5.41 Å². The highest BCUT2D eigenvalue weighted by Crippen LogP contribution is 2.33. The van der Waals surface area contributed by atoms with E-state index in [-0.39, 0.29) is 11.0 Å². The summed E-state index contributed by atoms with van der Waals surface area (Å²) in [4.78, 5) is 10.0. The highest BCUT2D eigenvalue weighted by molar-refractivity contribution is 5.98. The molecule has 0 heterocycles. The second kappa shape index (κ2) is 11.2. The second-order valence-electron chi connectivity index (χ2n) is 12.7. The molecule has 4 rings (SSSR count). The largest absolute Gasteiger partial charge is 0.384 e. The van der Waals surface area contributed by atoms with Crippen LogP contribution in [0.4, 0.5) is 0 Å². The van der Waals surface area contributed by atoms with E-state index in [1.807, 2.05) is 0 Å². The molecule has 0 saturated heterocycles. The fourth-order valence-corrected chi connectivity index (χ4v) is 5.16. The predicted molar refractivity (Wildman–Crippen MR) is 155 cm³/mol. The molecule has 194 valence electrons. The van der Waals surface area contributed by atoms with E-state index in [0.717, 1.165) is 64.2 Å². The van der Waals surface area contributed by atoms with Crippen LogP contribution in [-0.4, -0.2) is 17.0 Å². The summed E-state index contributed by atoms with van der Waals surface area (Å²) in [6.07, 6.45) is 24.0. The Balaban J connectivity index is 1.28. The van der Waals surface area contributed by atoms with Gasteiger partial charge in [0.25, 0.3) is 0 Å². The summed E-state index contributed by atoms with van der Waals surface area (Å²) in [6, 6.07) is 0. The number of nitrogens with zero attached hydrogens (tertiary/aromatic N) is 2. The second-order valence-corrected chi connectivity index (χ2v) is 12.7. The molecule has 4 nitrogen and oxygen atoms in total. The lowest BCUT2D eigenvalue weighted by Gasteiger charge is -2.27. The first-order valence-electron chi connectivity index (χ1n) is 13.9. The topological polar surface area (TPSA) is 48.8 Å². The van der Waals surface area contributed by atoms with E-state index in [4.69, 9.17) is 9.98 Å². The van der Waals surface area contributed by atoms with Gasteiger partial charge in [-0.3, -0.25) is 9.98 Å². The van der Waals surface area contributed by atoms with E-state index in [1.54, 1.807) is 5.57 Å². The normalized spacial score (nSPS) is 21.4. The third-order valence-corrected chi connectivity index (χ3v) is 7.23. The van der Waals surface area contributed by atoms with Gasteiger partial charge in [-0.2, -0.15) is 0 Å². The fraction of sp³-hybridized carbons (Fsp3) is 0.562. The number of rotatable bonds is 5. The third-order valence-electron chi connectivity index (χ3n) is 7.23. The summed E-state index contributed by atoms with van der Waals surface area (Å²) >= 11 is 0. The molecular weight excluding hydrogens is 440 g/mol. The number of hydrogen-bond donors (Lipinski definition) is 2. The molecule has 0 radical (unpaired) electrons. The Morgan fingerprint density at radius 3 is 1.39 bits per heavy atom. The Hall–Kier alpha value is -2.62. The summed E-state index contributed by atoms with van der Waals surface area (Å²) in [5, 5.41) is 7.26. The fourth-order valence-electron chi connectivity index (χ4n) is 5.16. The third kappa shape index (κ3) is 7.94. The van der Waals surface area contributed by atoms with Crippen molar-refractivity contribution in [1.82, 2.24) is 10.6 Å². The Kier molecular flexibility index (Phi) is 8.22.